The Morgan fingerprint density at radius 2 is 2.02 bits per heavy atom. The average Bonchev–Trinajstić information content (AvgIpc) is 3.66. The summed E-state index contributed by atoms with van der Waals surface area (Å²) in [6.07, 6.45) is 1.42. The van der Waals surface area contributed by atoms with E-state index in [0.717, 1.165) is 12.1 Å². The summed E-state index contributed by atoms with van der Waals surface area (Å²) in [5.74, 6) is -0.493. The van der Waals surface area contributed by atoms with Gasteiger partial charge in [0.25, 0.3) is 0 Å². The van der Waals surface area contributed by atoms with E-state index in [4.69, 9.17) is 4.74 Å². The van der Waals surface area contributed by atoms with Gasteiger partial charge in [0.1, 0.15) is 25.0 Å². The molecule has 12 heteroatoms. The standard InChI is InChI=1S/C28H41FN6O5/c1-20(2)23(33-27(39)40-18-21-8-4-3-5-9-21)25(38)35-17-6-10-22(35)24(37)34-28(19-36,12-13-29)11-7-14-30-26-31-15-16-32-26/h3-5,8-9,19-20,22-23H,6-7,10-18H2,1-2H3,(H,33,39)(H,34,37)(H2,30,31,32)/t22-,23-,28+/m0/s1. The molecule has 1 saturated heterocycles. The number of guanidine groups is 1. The van der Waals surface area contributed by atoms with Crippen molar-refractivity contribution in [1.82, 2.24) is 26.2 Å². The lowest BCUT2D eigenvalue weighted by Crippen LogP contribution is -2.59. The van der Waals surface area contributed by atoms with E-state index in [9.17, 15) is 23.6 Å². The molecule has 3 amide bonds. The summed E-state index contributed by atoms with van der Waals surface area (Å²) in [6, 6.07) is 7.45. The molecule has 2 heterocycles. The van der Waals surface area contributed by atoms with Crippen LogP contribution in [0, 0.1) is 5.92 Å². The van der Waals surface area contributed by atoms with Gasteiger partial charge in [-0.1, -0.05) is 44.2 Å². The van der Waals surface area contributed by atoms with E-state index in [0.29, 0.717) is 51.1 Å². The SMILES string of the molecule is CC(C)[C@H](NC(=O)OCc1ccccc1)C(=O)N1CCC[C@H]1C(=O)N[C@@](C=O)(CCF)CCCNC1=NCCN1. The molecule has 220 valence electrons. The largest absolute Gasteiger partial charge is 0.445 e. The minimum Gasteiger partial charge on any atom is -0.445 e. The van der Waals surface area contributed by atoms with Crippen LogP contribution in [0.1, 0.15) is 51.5 Å². The number of hydrogen-bond acceptors (Lipinski definition) is 8. The van der Waals surface area contributed by atoms with Crippen molar-refractivity contribution < 1.29 is 28.3 Å². The Kier molecular flexibility index (Phi) is 11.7. The number of ether oxygens (including phenoxy) is 1. The summed E-state index contributed by atoms with van der Waals surface area (Å²) in [5.41, 5.74) is -0.569. The smallest absolute Gasteiger partial charge is 0.408 e. The number of hydrogen-bond donors (Lipinski definition) is 4. The molecular formula is C28H41FN6O5. The maximum absolute atomic E-state index is 13.5. The van der Waals surface area contributed by atoms with Crippen LogP contribution in [0.4, 0.5) is 9.18 Å². The molecule has 0 aliphatic carbocycles. The molecule has 1 aromatic carbocycles. The van der Waals surface area contributed by atoms with Gasteiger partial charge >= 0.3 is 6.09 Å². The van der Waals surface area contributed by atoms with Gasteiger partial charge in [-0.05, 0) is 37.2 Å². The van der Waals surface area contributed by atoms with Crippen LogP contribution in [0.25, 0.3) is 0 Å². The molecule has 0 unspecified atom stereocenters. The first-order valence-corrected chi connectivity index (χ1v) is 13.9. The summed E-state index contributed by atoms with van der Waals surface area (Å²) in [5, 5.41) is 11.6. The number of carbonyl (C=O) groups excluding carboxylic acids is 4. The Labute approximate surface area is 234 Å². The fraction of sp³-hybridized carbons (Fsp3) is 0.607. The van der Waals surface area contributed by atoms with Crippen LogP contribution in [0.2, 0.25) is 0 Å². The van der Waals surface area contributed by atoms with Gasteiger partial charge in [0, 0.05) is 26.1 Å². The Balaban J connectivity index is 1.60. The summed E-state index contributed by atoms with van der Waals surface area (Å²) < 4.78 is 18.8. The van der Waals surface area contributed by atoms with Gasteiger partial charge in [-0.15, -0.1) is 0 Å². The first kappa shape index (κ1) is 30.8. The number of rotatable bonds is 14. The number of alkyl halides is 1. The number of likely N-dealkylation sites (tertiary alicyclic amines) is 1. The van der Waals surface area contributed by atoms with E-state index < -0.39 is 42.2 Å². The van der Waals surface area contributed by atoms with Gasteiger partial charge in [-0.3, -0.25) is 19.0 Å². The van der Waals surface area contributed by atoms with Crippen molar-refractivity contribution in [2.45, 2.75) is 70.2 Å². The van der Waals surface area contributed by atoms with E-state index in [-0.39, 0.29) is 25.4 Å². The van der Waals surface area contributed by atoms with Gasteiger partial charge in [-0.2, -0.15) is 0 Å². The minimum absolute atomic E-state index is 0.0585. The number of carbonyl (C=O) groups is 4. The topological polar surface area (TPSA) is 141 Å². The predicted octanol–water partition coefficient (Wildman–Crippen LogP) is 1.67. The van der Waals surface area contributed by atoms with Crippen molar-refractivity contribution in [2.75, 3.05) is 32.9 Å². The number of benzene rings is 1. The molecule has 1 aromatic rings. The zero-order valence-corrected chi connectivity index (χ0v) is 23.3. The highest BCUT2D eigenvalue weighted by atomic mass is 19.1. The highest BCUT2D eigenvalue weighted by Crippen LogP contribution is 2.23. The number of amides is 3. The summed E-state index contributed by atoms with van der Waals surface area (Å²) in [4.78, 5) is 57.2. The molecule has 3 rings (SSSR count). The molecule has 0 radical (unpaired) electrons. The third-order valence-electron chi connectivity index (χ3n) is 7.16. The van der Waals surface area contributed by atoms with Crippen LogP contribution >= 0.6 is 0 Å². The van der Waals surface area contributed by atoms with Gasteiger partial charge in [-0.25, -0.2) is 4.79 Å². The van der Waals surface area contributed by atoms with E-state index >= 15 is 0 Å². The summed E-state index contributed by atoms with van der Waals surface area (Å²) >= 11 is 0. The fourth-order valence-electron chi connectivity index (χ4n) is 4.91. The van der Waals surface area contributed by atoms with Crippen molar-refractivity contribution in [2.24, 2.45) is 10.9 Å². The van der Waals surface area contributed by atoms with Gasteiger partial charge in [0.15, 0.2) is 5.96 Å². The number of aliphatic imine (C=N–C) groups is 1. The number of nitrogens with one attached hydrogen (secondary N) is 4. The van der Waals surface area contributed by atoms with Crippen LogP contribution in [0.3, 0.4) is 0 Å². The average molecular weight is 561 g/mol. The molecular weight excluding hydrogens is 519 g/mol. The van der Waals surface area contributed by atoms with Crippen LogP contribution in [-0.4, -0.2) is 85.5 Å². The van der Waals surface area contributed by atoms with Crippen molar-refractivity contribution in [3.63, 3.8) is 0 Å². The highest BCUT2D eigenvalue weighted by molar-refractivity contribution is 5.93. The van der Waals surface area contributed by atoms with Gasteiger partial charge in [0.05, 0.1) is 18.8 Å². The maximum Gasteiger partial charge on any atom is 0.408 e. The van der Waals surface area contributed by atoms with Crippen molar-refractivity contribution in [3.8, 4) is 0 Å². The second kappa shape index (κ2) is 15.2. The Bertz CT molecular complexity index is 1040. The molecule has 4 N–H and O–H groups in total. The molecule has 0 aromatic heterocycles. The quantitative estimate of drug-likeness (QED) is 0.200. The molecule has 0 bridgehead atoms. The van der Waals surface area contributed by atoms with Crippen molar-refractivity contribution in [3.05, 3.63) is 35.9 Å². The van der Waals surface area contributed by atoms with Gasteiger partial charge < -0.3 is 35.7 Å². The normalized spacial score (nSPS) is 18.8. The van der Waals surface area contributed by atoms with E-state index in [1.54, 1.807) is 13.8 Å². The van der Waals surface area contributed by atoms with E-state index in [1.165, 1.54) is 4.90 Å². The van der Waals surface area contributed by atoms with Crippen LogP contribution < -0.4 is 21.3 Å². The Morgan fingerprint density at radius 3 is 2.67 bits per heavy atom. The molecule has 0 spiro atoms. The second-order valence-corrected chi connectivity index (χ2v) is 10.5. The van der Waals surface area contributed by atoms with Crippen LogP contribution in [-0.2, 0) is 25.7 Å². The summed E-state index contributed by atoms with van der Waals surface area (Å²) in [6.45, 7) is 5.15. The fourth-order valence-corrected chi connectivity index (χ4v) is 4.91. The summed E-state index contributed by atoms with van der Waals surface area (Å²) in [7, 11) is 0. The lowest BCUT2D eigenvalue weighted by atomic mass is 9.91. The third kappa shape index (κ3) is 8.65. The Hall–Kier alpha value is -3.70. The maximum atomic E-state index is 13.5. The van der Waals surface area contributed by atoms with Crippen LogP contribution in [0.15, 0.2) is 35.3 Å². The lowest BCUT2D eigenvalue weighted by molar-refractivity contribution is -0.142. The highest BCUT2D eigenvalue weighted by Gasteiger charge is 2.41. The number of halogens is 1. The van der Waals surface area contributed by atoms with Gasteiger partial charge in [0.2, 0.25) is 11.8 Å². The molecule has 3 atom stereocenters. The first-order valence-electron chi connectivity index (χ1n) is 13.9. The van der Waals surface area contributed by atoms with Crippen LogP contribution in [0.5, 0.6) is 0 Å². The molecule has 0 saturated carbocycles. The molecule has 1 fully saturated rings. The van der Waals surface area contributed by atoms with E-state index in [2.05, 4.69) is 26.3 Å². The molecule has 2 aliphatic rings. The zero-order valence-electron chi connectivity index (χ0n) is 23.3. The van der Waals surface area contributed by atoms with Crippen molar-refractivity contribution in [1.29, 1.82) is 0 Å². The van der Waals surface area contributed by atoms with E-state index in [1.807, 2.05) is 30.3 Å². The Morgan fingerprint density at radius 1 is 1.25 bits per heavy atom. The lowest BCUT2D eigenvalue weighted by Gasteiger charge is -2.34. The second-order valence-electron chi connectivity index (χ2n) is 10.5. The number of nitrogens with zero attached hydrogens (tertiary/aromatic N) is 2. The molecule has 2 aliphatic heterocycles. The monoisotopic (exact) mass is 560 g/mol. The first-order chi connectivity index (χ1) is 19.3. The number of aldehydes is 1. The third-order valence-corrected chi connectivity index (χ3v) is 7.16. The molecule has 40 heavy (non-hydrogen) atoms. The predicted molar refractivity (Wildman–Crippen MR) is 148 cm³/mol. The molecule has 11 nitrogen and oxygen atoms in total. The minimum atomic E-state index is -1.38. The van der Waals surface area contributed by atoms with Crippen molar-refractivity contribution >= 4 is 30.2 Å². The zero-order chi connectivity index (χ0) is 29.0. The number of alkyl carbamates (subject to hydrolysis) is 1.